The number of ether oxygens (including phenoxy) is 1. The van der Waals surface area contributed by atoms with Crippen LogP contribution in [0.4, 0.5) is 10.5 Å². The molecule has 0 bridgehead atoms. The van der Waals surface area contributed by atoms with Gasteiger partial charge in [-0.05, 0) is 48.8 Å². The number of urea groups is 1. The van der Waals surface area contributed by atoms with Crippen molar-refractivity contribution < 1.29 is 28.7 Å². The van der Waals surface area contributed by atoms with E-state index in [1.54, 1.807) is 24.3 Å². The molecule has 218 valence electrons. The average Bonchev–Trinajstić information content (AvgIpc) is 2.87. The number of anilines is 1. The van der Waals surface area contributed by atoms with E-state index in [2.05, 4.69) is 29.8 Å². The van der Waals surface area contributed by atoms with Gasteiger partial charge in [0, 0.05) is 31.0 Å². The quantitative estimate of drug-likeness (QED) is 0.143. The molecule has 1 aromatic rings. The Morgan fingerprint density at radius 1 is 0.949 bits per heavy atom. The molecule has 1 rings (SSSR count). The first-order chi connectivity index (χ1) is 18.5. The van der Waals surface area contributed by atoms with Crippen molar-refractivity contribution in [1.29, 1.82) is 0 Å². The number of unbranched alkanes of at least 4 members (excludes halogenated alkanes) is 2. The standard InChI is InChI=1S/C29H46N4O6/c1-20(2)9-6-5-7-11-26(36)33-27(21(3)4)25(35)17-23(10-8-16-31-29(30)38)28(37)32-24-14-12-22(13-15-24)18-39-19-34/h12-15,19-21,23,27H,5-11,16-18H2,1-4H3,(H,32,37)(H,33,36)(H3,30,31,38)/t23-,27+/m1/s1. The first-order valence-corrected chi connectivity index (χ1v) is 13.8. The summed E-state index contributed by atoms with van der Waals surface area (Å²) in [5.74, 6) is -0.859. The number of amides is 4. The van der Waals surface area contributed by atoms with E-state index < -0.39 is 18.0 Å². The van der Waals surface area contributed by atoms with E-state index >= 15 is 0 Å². The fraction of sp³-hybridized carbons (Fsp3) is 0.621. The Labute approximate surface area is 232 Å². The summed E-state index contributed by atoms with van der Waals surface area (Å²) in [4.78, 5) is 60.4. The minimum Gasteiger partial charge on any atom is -0.463 e. The van der Waals surface area contributed by atoms with Crippen LogP contribution >= 0.6 is 0 Å². The molecule has 0 spiro atoms. The molecule has 5 N–H and O–H groups in total. The molecule has 0 aliphatic carbocycles. The molecule has 0 aromatic heterocycles. The number of carbonyl (C=O) groups is 5. The highest BCUT2D eigenvalue weighted by Gasteiger charge is 2.29. The van der Waals surface area contributed by atoms with E-state index in [1.165, 1.54) is 0 Å². The third-order valence-electron chi connectivity index (χ3n) is 6.40. The van der Waals surface area contributed by atoms with Gasteiger partial charge in [-0.3, -0.25) is 19.2 Å². The van der Waals surface area contributed by atoms with Gasteiger partial charge in [0.1, 0.15) is 6.61 Å². The molecule has 1 aromatic carbocycles. The number of benzene rings is 1. The lowest BCUT2D eigenvalue weighted by Gasteiger charge is -2.24. The minimum atomic E-state index is -0.690. The van der Waals surface area contributed by atoms with Crippen molar-refractivity contribution >= 4 is 35.8 Å². The highest BCUT2D eigenvalue weighted by atomic mass is 16.5. The van der Waals surface area contributed by atoms with Crippen molar-refractivity contribution in [1.82, 2.24) is 10.6 Å². The van der Waals surface area contributed by atoms with Gasteiger partial charge in [0.2, 0.25) is 11.8 Å². The normalized spacial score (nSPS) is 12.5. The average molecular weight is 547 g/mol. The molecule has 4 amide bonds. The van der Waals surface area contributed by atoms with Crippen molar-refractivity contribution in [2.75, 3.05) is 11.9 Å². The summed E-state index contributed by atoms with van der Waals surface area (Å²) in [6, 6.07) is 5.48. The molecule has 2 atom stereocenters. The highest BCUT2D eigenvalue weighted by Crippen LogP contribution is 2.20. The topological polar surface area (TPSA) is 157 Å². The zero-order valence-corrected chi connectivity index (χ0v) is 23.8. The summed E-state index contributed by atoms with van der Waals surface area (Å²) in [6.45, 7) is 8.86. The van der Waals surface area contributed by atoms with Crippen molar-refractivity contribution in [3.8, 4) is 0 Å². The first-order valence-electron chi connectivity index (χ1n) is 13.8. The Kier molecular flexibility index (Phi) is 16.2. The summed E-state index contributed by atoms with van der Waals surface area (Å²) < 4.78 is 4.73. The third kappa shape index (κ3) is 14.9. The van der Waals surface area contributed by atoms with Crippen LogP contribution in [0.5, 0.6) is 0 Å². The van der Waals surface area contributed by atoms with E-state index in [1.807, 2.05) is 13.8 Å². The smallest absolute Gasteiger partial charge is 0.312 e. The number of primary amides is 1. The van der Waals surface area contributed by atoms with Crippen LogP contribution in [-0.2, 0) is 30.5 Å². The van der Waals surface area contributed by atoms with Crippen LogP contribution in [0, 0.1) is 17.8 Å². The Bertz CT molecular complexity index is 917. The second kappa shape index (κ2) is 18.8. The largest absolute Gasteiger partial charge is 0.463 e. The fourth-order valence-corrected chi connectivity index (χ4v) is 4.19. The van der Waals surface area contributed by atoms with Gasteiger partial charge in [-0.2, -0.15) is 0 Å². The lowest BCUT2D eigenvalue weighted by atomic mass is 9.89. The van der Waals surface area contributed by atoms with Crippen LogP contribution in [-0.4, -0.2) is 42.7 Å². The van der Waals surface area contributed by atoms with E-state index in [-0.39, 0.29) is 43.1 Å². The third-order valence-corrected chi connectivity index (χ3v) is 6.40. The molecule has 39 heavy (non-hydrogen) atoms. The molecule has 0 unspecified atom stereocenters. The number of hydrogen-bond acceptors (Lipinski definition) is 6. The fourth-order valence-electron chi connectivity index (χ4n) is 4.19. The van der Waals surface area contributed by atoms with Gasteiger partial charge in [0.15, 0.2) is 5.78 Å². The van der Waals surface area contributed by atoms with E-state index in [0.717, 1.165) is 31.2 Å². The zero-order valence-electron chi connectivity index (χ0n) is 23.8. The van der Waals surface area contributed by atoms with E-state index in [0.29, 0.717) is 37.3 Å². The minimum absolute atomic E-state index is 0.0504. The molecule has 0 aliphatic heterocycles. The van der Waals surface area contributed by atoms with Crippen molar-refractivity contribution in [3.05, 3.63) is 29.8 Å². The van der Waals surface area contributed by atoms with Crippen LogP contribution in [0.1, 0.15) is 84.6 Å². The van der Waals surface area contributed by atoms with Crippen molar-refractivity contribution in [2.45, 2.75) is 91.7 Å². The van der Waals surface area contributed by atoms with Crippen LogP contribution in [0.25, 0.3) is 0 Å². The molecule has 10 nitrogen and oxygen atoms in total. The Balaban J connectivity index is 2.81. The summed E-state index contributed by atoms with van der Waals surface area (Å²) in [5.41, 5.74) is 6.43. The summed E-state index contributed by atoms with van der Waals surface area (Å²) >= 11 is 0. The SMILES string of the molecule is CC(C)CCCCCC(=O)N[C@H](C(=O)C[C@@H](CCCNC(N)=O)C(=O)Nc1ccc(COC=O)cc1)C(C)C. The lowest BCUT2D eigenvalue weighted by molar-refractivity contribution is -0.131. The van der Waals surface area contributed by atoms with Crippen LogP contribution in [0.3, 0.4) is 0 Å². The molecule has 0 saturated carbocycles. The maximum absolute atomic E-state index is 13.3. The Morgan fingerprint density at radius 2 is 1.64 bits per heavy atom. The maximum Gasteiger partial charge on any atom is 0.312 e. The number of Topliss-reactive ketones (excluding diaryl/α,β-unsaturated/α-hetero) is 1. The molecular weight excluding hydrogens is 500 g/mol. The first kappa shape index (κ1) is 33.6. The molecule has 0 saturated heterocycles. The summed E-state index contributed by atoms with van der Waals surface area (Å²) in [6.07, 6.45) is 5.06. The van der Waals surface area contributed by atoms with Gasteiger partial charge in [-0.1, -0.05) is 59.1 Å². The molecule has 0 radical (unpaired) electrons. The molecule has 0 aliphatic rings. The van der Waals surface area contributed by atoms with Gasteiger partial charge in [-0.15, -0.1) is 0 Å². The second-order valence-corrected chi connectivity index (χ2v) is 10.7. The number of nitrogens with one attached hydrogen (secondary N) is 3. The number of ketones is 1. The molecule has 0 heterocycles. The van der Waals surface area contributed by atoms with Gasteiger partial charge < -0.3 is 26.4 Å². The maximum atomic E-state index is 13.3. The monoisotopic (exact) mass is 546 g/mol. The van der Waals surface area contributed by atoms with Gasteiger partial charge in [0.05, 0.1) is 6.04 Å². The summed E-state index contributed by atoms with van der Waals surface area (Å²) in [7, 11) is 0. The van der Waals surface area contributed by atoms with Crippen molar-refractivity contribution in [3.63, 3.8) is 0 Å². The Morgan fingerprint density at radius 3 is 2.23 bits per heavy atom. The molecule has 10 heteroatoms. The predicted molar refractivity (Wildman–Crippen MR) is 151 cm³/mol. The number of rotatable bonds is 20. The highest BCUT2D eigenvalue weighted by molar-refractivity contribution is 5.97. The number of carbonyl (C=O) groups excluding carboxylic acids is 5. The van der Waals surface area contributed by atoms with Gasteiger partial charge >= 0.3 is 6.03 Å². The number of nitrogens with two attached hydrogens (primary N) is 1. The van der Waals surface area contributed by atoms with E-state index in [9.17, 15) is 24.0 Å². The predicted octanol–water partition coefficient (Wildman–Crippen LogP) is 4.07. The van der Waals surface area contributed by atoms with Crippen molar-refractivity contribution in [2.24, 2.45) is 23.5 Å². The Hall–Kier alpha value is -3.43. The van der Waals surface area contributed by atoms with Crippen LogP contribution in [0.2, 0.25) is 0 Å². The second-order valence-electron chi connectivity index (χ2n) is 10.7. The molecule has 0 fully saturated rings. The van der Waals surface area contributed by atoms with Crippen LogP contribution in [0.15, 0.2) is 24.3 Å². The zero-order chi connectivity index (χ0) is 29.2. The van der Waals surface area contributed by atoms with E-state index in [4.69, 9.17) is 10.5 Å². The van der Waals surface area contributed by atoms with Gasteiger partial charge in [-0.25, -0.2) is 4.79 Å². The molecular formula is C29H46N4O6. The lowest BCUT2D eigenvalue weighted by Crippen LogP contribution is -2.45. The van der Waals surface area contributed by atoms with Gasteiger partial charge in [0.25, 0.3) is 6.47 Å². The van der Waals surface area contributed by atoms with Crippen LogP contribution < -0.4 is 21.7 Å². The number of hydrogen-bond donors (Lipinski definition) is 4. The summed E-state index contributed by atoms with van der Waals surface area (Å²) in [5, 5.41) is 8.22.